The molecule has 2 saturated heterocycles. The Morgan fingerprint density at radius 3 is 2.43 bits per heavy atom. The fraction of sp³-hybridized carbons (Fsp3) is 0.609. The van der Waals surface area contributed by atoms with Crippen molar-refractivity contribution < 1.29 is 0 Å². The summed E-state index contributed by atoms with van der Waals surface area (Å²) in [6, 6.07) is 9.06. The Kier molecular flexibility index (Phi) is 6.33. The number of aromatic amines is 1. The van der Waals surface area contributed by atoms with Crippen LogP contribution in [0.3, 0.4) is 0 Å². The maximum absolute atomic E-state index is 4.22. The second-order valence-corrected chi connectivity index (χ2v) is 8.46. The highest BCUT2D eigenvalue weighted by Gasteiger charge is 2.24. The fourth-order valence-electron chi connectivity index (χ4n) is 4.90. The minimum atomic E-state index is 0.664. The lowest BCUT2D eigenvalue weighted by atomic mass is 9.89. The molecule has 3 heterocycles. The number of nitrogens with one attached hydrogen (secondary N) is 1. The van der Waals surface area contributed by atoms with Crippen LogP contribution in [0.5, 0.6) is 0 Å². The number of anilines is 1. The Labute approximate surface area is 169 Å². The Bertz CT molecular complexity index is 739. The summed E-state index contributed by atoms with van der Waals surface area (Å²) in [5.41, 5.74) is 5.60. The summed E-state index contributed by atoms with van der Waals surface area (Å²) < 4.78 is 0. The number of benzene rings is 1. The zero-order chi connectivity index (χ0) is 19.3. The van der Waals surface area contributed by atoms with Crippen LogP contribution in [0.1, 0.15) is 48.9 Å². The molecule has 2 aromatic rings. The third-order valence-corrected chi connectivity index (χ3v) is 6.53. The smallest absolute Gasteiger partial charge is 0.0524 e. The van der Waals surface area contributed by atoms with E-state index in [0.717, 1.165) is 19.6 Å². The van der Waals surface area contributed by atoms with E-state index in [0.29, 0.717) is 5.92 Å². The molecule has 0 atom stereocenters. The van der Waals surface area contributed by atoms with Gasteiger partial charge >= 0.3 is 0 Å². The average Bonchev–Trinajstić information content (AvgIpc) is 3.16. The van der Waals surface area contributed by atoms with Crippen LogP contribution in [0.15, 0.2) is 30.5 Å². The highest BCUT2D eigenvalue weighted by molar-refractivity contribution is 5.54. The molecular formula is C23H35N5. The molecule has 28 heavy (non-hydrogen) atoms. The lowest BCUT2D eigenvalue weighted by Gasteiger charge is -2.38. The van der Waals surface area contributed by atoms with Crippen LogP contribution in [-0.2, 0) is 6.54 Å². The molecule has 2 fully saturated rings. The number of nitrogens with zero attached hydrogens (tertiary/aromatic N) is 4. The first kappa shape index (κ1) is 19.5. The molecule has 4 rings (SSSR count). The van der Waals surface area contributed by atoms with Crippen molar-refractivity contribution in [3.8, 4) is 0 Å². The number of hydrogen-bond acceptors (Lipinski definition) is 4. The number of aryl methyl sites for hydroxylation is 1. The Morgan fingerprint density at radius 1 is 1.00 bits per heavy atom. The molecule has 0 aliphatic carbocycles. The van der Waals surface area contributed by atoms with E-state index in [9.17, 15) is 0 Å². The van der Waals surface area contributed by atoms with Crippen LogP contribution in [-0.4, -0.2) is 65.8 Å². The molecular weight excluding hydrogens is 346 g/mol. The van der Waals surface area contributed by atoms with Gasteiger partial charge in [-0.25, -0.2) is 0 Å². The van der Waals surface area contributed by atoms with E-state index in [1.165, 1.54) is 74.5 Å². The van der Waals surface area contributed by atoms with Gasteiger partial charge in [0.2, 0.25) is 0 Å². The minimum Gasteiger partial charge on any atom is -0.369 e. The van der Waals surface area contributed by atoms with E-state index in [4.69, 9.17) is 0 Å². The summed E-state index contributed by atoms with van der Waals surface area (Å²) in [6.45, 7) is 13.8. The molecule has 5 heteroatoms. The quantitative estimate of drug-likeness (QED) is 0.829. The van der Waals surface area contributed by atoms with Gasteiger partial charge in [0.05, 0.1) is 6.20 Å². The Balaban J connectivity index is 1.35. The molecule has 1 aromatic heterocycles. The highest BCUT2D eigenvalue weighted by Crippen LogP contribution is 2.31. The maximum Gasteiger partial charge on any atom is 0.0524 e. The predicted molar refractivity (Wildman–Crippen MR) is 116 cm³/mol. The summed E-state index contributed by atoms with van der Waals surface area (Å²) in [7, 11) is 0. The number of piperidine rings is 1. The summed E-state index contributed by atoms with van der Waals surface area (Å²) >= 11 is 0. The standard InChI is InChI=1S/C23H35N5/c1-3-10-26-13-15-28(16-14-26)23-7-5-4-6-21(23)18-27-11-8-20(9-12-27)22-17-24-25-19(22)2/h4-7,17,20H,3,8-16,18H2,1-2H3,(H,24,25). The van der Waals surface area contributed by atoms with E-state index in [-0.39, 0.29) is 0 Å². The van der Waals surface area contributed by atoms with Gasteiger partial charge in [0.1, 0.15) is 0 Å². The average molecular weight is 382 g/mol. The van der Waals surface area contributed by atoms with Gasteiger partial charge in [0.25, 0.3) is 0 Å². The Hall–Kier alpha value is -1.85. The van der Waals surface area contributed by atoms with Crippen molar-refractivity contribution in [2.45, 2.75) is 45.6 Å². The van der Waals surface area contributed by atoms with Crippen LogP contribution in [0.25, 0.3) is 0 Å². The van der Waals surface area contributed by atoms with Crippen molar-refractivity contribution in [1.82, 2.24) is 20.0 Å². The van der Waals surface area contributed by atoms with Gasteiger partial charge in [0.15, 0.2) is 0 Å². The largest absolute Gasteiger partial charge is 0.369 e. The maximum atomic E-state index is 4.22. The molecule has 0 bridgehead atoms. The molecule has 2 aliphatic heterocycles. The number of H-pyrrole nitrogens is 1. The highest BCUT2D eigenvalue weighted by atomic mass is 15.3. The van der Waals surface area contributed by atoms with E-state index < -0.39 is 0 Å². The summed E-state index contributed by atoms with van der Waals surface area (Å²) in [4.78, 5) is 7.84. The molecule has 1 aromatic carbocycles. The van der Waals surface area contributed by atoms with E-state index >= 15 is 0 Å². The van der Waals surface area contributed by atoms with Gasteiger partial charge in [-0.05, 0) is 68.9 Å². The molecule has 2 aliphatic rings. The zero-order valence-electron chi connectivity index (χ0n) is 17.5. The van der Waals surface area contributed by atoms with Crippen LogP contribution in [0.2, 0.25) is 0 Å². The summed E-state index contributed by atoms with van der Waals surface area (Å²) in [5, 5.41) is 7.32. The van der Waals surface area contributed by atoms with Gasteiger partial charge in [-0.1, -0.05) is 25.1 Å². The molecule has 152 valence electrons. The normalized spacial score (nSPS) is 20.0. The molecule has 1 N–H and O–H groups in total. The van der Waals surface area contributed by atoms with Gasteiger partial charge < -0.3 is 4.90 Å². The van der Waals surface area contributed by atoms with Crippen LogP contribution in [0.4, 0.5) is 5.69 Å². The SMILES string of the molecule is CCCN1CCN(c2ccccc2CN2CCC(c3cn[nH]c3C)CC2)CC1. The number of likely N-dealkylation sites (tertiary alicyclic amines) is 1. The number of aromatic nitrogens is 2. The lowest BCUT2D eigenvalue weighted by molar-refractivity contribution is 0.204. The van der Waals surface area contributed by atoms with Crippen molar-refractivity contribution in [2.75, 3.05) is 50.7 Å². The number of piperazine rings is 1. The first-order valence-electron chi connectivity index (χ1n) is 11.0. The van der Waals surface area contributed by atoms with Crippen LogP contribution in [0, 0.1) is 6.92 Å². The first-order chi connectivity index (χ1) is 13.7. The lowest BCUT2D eigenvalue weighted by Crippen LogP contribution is -2.47. The predicted octanol–water partition coefficient (Wildman–Crippen LogP) is 3.63. The van der Waals surface area contributed by atoms with Gasteiger partial charge in [0, 0.05) is 44.1 Å². The van der Waals surface area contributed by atoms with Crippen molar-refractivity contribution in [2.24, 2.45) is 0 Å². The topological polar surface area (TPSA) is 38.4 Å². The van der Waals surface area contributed by atoms with Crippen molar-refractivity contribution in [3.05, 3.63) is 47.3 Å². The molecule has 0 amide bonds. The second kappa shape index (κ2) is 9.10. The third kappa shape index (κ3) is 4.41. The van der Waals surface area contributed by atoms with Crippen LogP contribution >= 0.6 is 0 Å². The van der Waals surface area contributed by atoms with E-state index in [2.05, 4.69) is 63.0 Å². The molecule has 0 radical (unpaired) electrons. The Morgan fingerprint density at radius 2 is 1.75 bits per heavy atom. The molecule has 0 saturated carbocycles. The van der Waals surface area contributed by atoms with Crippen molar-refractivity contribution in [3.63, 3.8) is 0 Å². The van der Waals surface area contributed by atoms with E-state index in [1.54, 1.807) is 0 Å². The van der Waals surface area contributed by atoms with Crippen LogP contribution < -0.4 is 4.90 Å². The number of hydrogen-bond donors (Lipinski definition) is 1. The minimum absolute atomic E-state index is 0.664. The van der Waals surface area contributed by atoms with E-state index in [1.807, 2.05) is 6.20 Å². The third-order valence-electron chi connectivity index (χ3n) is 6.53. The molecule has 0 unspecified atom stereocenters. The monoisotopic (exact) mass is 381 g/mol. The second-order valence-electron chi connectivity index (χ2n) is 8.46. The van der Waals surface area contributed by atoms with Crippen molar-refractivity contribution >= 4 is 5.69 Å². The molecule has 5 nitrogen and oxygen atoms in total. The first-order valence-corrected chi connectivity index (χ1v) is 11.0. The van der Waals surface area contributed by atoms with Gasteiger partial charge in [-0.15, -0.1) is 0 Å². The van der Waals surface area contributed by atoms with Gasteiger partial charge in [-0.2, -0.15) is 5.10 Å². The summed E-state index contributed by atoms with van der Waals surface area (Å²) in [5.74, 6) is 0.664. The van der Waals surface area contributed by atoms with Gasteiger partial charge in [-0.3, -0.25) is 14.9 Å². The number of rotatable bonds is 6. The number of para-hydroxylation sites is 1. The molecule has 0 spiro atoms. The fourth-order valence-corrected chi connectivity index (χ4v) is 4.90. The summed E-state index contributed by atoms with van der Waals surface area (Å²) in [6.07, 6.45) is 5.75. The zero-order valence-corrected chi connectivity index (χ0v) is 17.5. The van der Waals surface area contributed by atoms with Crippen molar-refractivity contribution in [1.29, 1.82) is 0 Å².